The second kappa shape index (κ2) is 5.48. The number of aromatic nitrogens is 1. The molecule has 0 atom stereocenters. The van der Waals surface area contributed by atoms with Crippen LogP contribution in [-0.2, 0) is 6.54 Å². The van der Waals surface area contributed by atoms with E-state index in [0.717, 1.165) is 18.1 Å². The summed E-state index contributed by atoms with van der Waals surface area (Å²) < 4.78 is 5.13. The van der Waals surface area contributed by atoms with E-state index in [4.69, 9.17) is 16.2 Å². The van der Waals surface area contributed by atoms with E-state index in [-0.39, 0.29) is 0 Å². The predicted octanol–water partition coefficient (Wildman–Crippen LogP) is 1.89. The highest BCUT2D eigenvalue weighted by molar-refractivity contribution is 5.62. The van der Waals surface area contributed by atoms with Crippen LogP contribution >= 0.6 is 0 Å². The highest BCUT2D eigenvalue weighted by Crippen LogP contribution is 2.19. The predicted molar refractivity (Wildman–Crippen MR) is 78.2 cm³/mol. The molecule has 0 saturated carbocycles. The third-order valence-electron chi connectivity index (χ3n) is 2.91. The Bertz CT molecular complexity index is 554. The van der Waals surface area contributed by atoms with Gasteiger partial charge >= 0.3 is 0 Å². The van der Waals surface area contributed by atoms with Gasteiger partial charge in [-0.1, -0.05) is 12.1 Å². The lowest BCUT2D eigenvalue weighted by molar-refractivity contribution is 0.414. The van der Waals surface area contributed by atoms with Crippen molar-refractivity contribution in [3.05, 3.63) is 42.0 Å². The number of anilines is 3. The Kier molecular flexibility index (Phi) is 3.75. The number of rotatable bonds is 4. The smallest absolute Gasteiger partial charge is 0.149 e. The number of pyridine rings is 1. The zero-order valence-corrected chi connectivity index (χ0v) is 11.1. The normalized spacial score (nSPS) is 10.2. The summed E-state index contributed by atoms with van der Waals surface area (Å²) in [6, 6.07) is 11.5. The van der Waals surface area contributed by atoms with Crippen molar-refractivity contribution in [3.8, 4) is 5.75 Å². The van der Waals surface area contributed by atoms with E-state index in [2.05, 4.69) is 4.98 Å². The SMILES string of the molecule is COc1ccc(CN(C)c2ccc(N)c(N)n2)cc1. The zero-order chi connectivity index (χ0) is 13.8. The molecule has 0 amide bonds. The summed E-state index contributed by atoms with van der Waals surface area (Å²) in [5, 5.41) is 0. The van der Waals surface area contributed by atoms with Gasteiger partial charge in [0.15, 0.2) is 0 Å². The molecule has 1 aromatic carbocycles. The van der Waals surface area contributed by atoms with Crippen LogP contribution < -0.4 is 21.1 Å². The van der Waals surface area contributed by atoms with Gasteiger partial charge in [-0.05, 0) is 29.8 Å². The molecule has 0 radical (unpaired) electrons. The Morgan fingerprint density at radius 2 is 1.79 bits per heavy atom. The van der Waals surface area contributed by atoms with Gasteiger partial charge in [-0.15, -0.1) is 0 Å². The average Bonchev–Trinajstić information content (AvgIpc) is 2.42. The summed E-state index contributed by atoms with van der Waals surface area (Å²) in [5.74, 6) is 2.00. The van der Waals surface area contributed by atoms with Crippen LogP contribution in [0.25, 0.3) is 0 Å². The molecule has 0 aliphatic rings. The fraction of sp³-hybridized carbons (Fsp3) is 0.214. The molecule has 2 aromatic rings. The molecule has 5 heteroatoms. The maximum Gasteiger partial charge on any atom is 0.149 e. The molecule has 1 heterocycles. The number of methoxy groups -OCH3 is 1. The number of nitrogens with two attached hydrogens (primary N) is 2. The molecule has 0 saturated heterocycles. The molecular weight excluding hydrogens is 240 g/mol. The lowest BCUT2D eigenvalue weighted by Gasteiger charge is -2.19. The molecule has 5 nitrogen and oxygen atoms in total. The van der Waals surface area contributed by atoms with E-state index in [9.17, 15) is 0 Å². The maximum absolute atomic E-state index is 5.71. The molecule has 2 rings (SSSR count). The Labute approximate surface area is 112 Å². The van der Waals surface area contributed by atoms with Gasteiger partial charge in [0.25, 0.3) is 0 Å². The lowest BCUT2D eigenvalue weighted by Crippen LogP contribution is -2.18. The quantitative estimate of drug-likeness (QED) is 0.875. The Morgan fingerprint density at radius 1 is 1.11 bits per heavy atom. The first-order chi connectivity index (χ1) is 9.10. The molecule has 0 aliphatic carbocycles. The molecular formula is C14H18N4O. The number of hydrogen-bond acceptors (Lipinski definition) is 5. The van der Waals surface area contributed by atoms with E-state index in [1.165, 1.54) is 5.56 Å². The molecule has 0 bridgehead atoms. The van der Waals surface area contributed by atoms with Crippen molar-refractivity contribution >= 4 is 17.3 Å². The minimum absolute atomic E-state index is 0.360. The minimum Gasteiger partial charge on any atom is -0.497 e. The van der Waals surface area contributed by atoms with Crippen LogP contribution in [0, 0.1) is 0 Å². The third-order valence-corrected chi connectivity index (χ3v) is 2.91. The van der Waals surface area contributed by atoms with Crippen LogP contribution in [0.5, 0.6) is 5.75 Å². The second-order valence-corrected chi connectivity index (χ2v) is 4.35. The average molecular weight is 258 g/mol. The minimum atomic E-state index is 0.360. The highest BCUT2D eigenvalue weighted by Gasteiger charge is 2.06. The van der Waals surface area contributed by atoms with Crippen molar-refractivity contribution < 1.29 is 4.74 Å². The van der Waals surface area contributed by atoms with E-state index in [0.29, 0.717) is 11.5 Å². The van der Waals surface area contributed by atoms with Crippen LogP contribution in [-0.4, -0.2) is 19.1 Å². The lowest BCUT2D eigenvalue weighted by atomic mass is 10.2. The highest BCUT2D eigenvalue weighted by atomic mass is 16.5. The number of benzene rings is 1. The van der Waals surface area contributed by atoms with E-state index in [1.54, 1.807) is 13.2 Å². The summed E-state index contributed by atoms with van der Waals surface area (Å²) in [6.07, 6.45) is 0. The van der Waals surface area contributed by atoms with Crippen LogP contribution in [0.15, 0.2) is 36.4 Å². The standard InChI is InChI=1S/C14H18N4O/c1-18(13-8-7-12(15)14(16)17-13)9-10-3-5-11(19-2)6-4-10/h3-8H,9,15H2,1-2H3,(H2,16,17). The fourth-order valence-electron chi connectivity index (χ4n) is 1.77. The van der Waals surface area contributed by atoms with Gasteiger partial charge in [0.2, 0.25) is 0 Å². The van der Waals surface area contributed by atoms with E-state index < -0.39 is 0 Å². The summed E-state index contributed by atoms with van der Waals surface area (Å²) in [6.45, 7) is 0.736. The van der Waals surface area contributed by atoms with Crippen LogP contribution in [0.3, 0.4) is 0 Å². The van der Waals surface area contributed by atoms with Crippen molar-refractivity contribution in [1.82, 2.24) is 4.98 Å². The third kappa shape index (κ3) is 3.07. The Morgan fingerprint density at radius 3 is 2.37 bits per heavy atom. The number of nitrogens with zero attached hydrogens (tertiary/aromatic N) is 2. The fourth-order valence-corrected chi connectivity index (χ4v) is 1.77. The number of hydrogen-bond donors (Lipinski definition) is 2. The van der Waals surface area contributed by atoms with Crippen molar-refractivity contribution in [1.29, 1.82) is 0 Å². The maximum atomic E-state index is 5.71. The summed E-state index contributed by atoms with van der Waals surface area (Å²) in [7, 11) is 3.62. The Hall–Kier alpha value is -2.43. The van der Waals surface area contributed by atoms with E-state index in [1.807, 2.05) is 42.3 Å². The largest absolute Gasteiger partial charge is 0.497 e. The summed E-state index contributed by atoms with van der Waals surface area (Å²) in [4.78, 5) is 6.27. The monoisotopic (exact) mass is 258 g/mol. The van der Waals surface area contributed by atoms with E-state index >= 15 is 0 Å². The van der Waals surface area contributed by atoms with Gasteiger partial charge in [-0.25, -0.2) is 4.98 Å². The van der Waals surface area contributed by atoms with Crippen molar-refractivity contribution in [2.45, 2.75) is 6.54 Å². The van der Waals surface area contributed by atoms with Gasteiger partial charge < -0.3 is 21.1 Å². The van der Waals surface area contributed by atoms with Crippen molar-refractivity contribution in [3.63, 3.8) is 0 Å². The van der Waals surface area contributed by atoms with Gasteiger partial charge in [0, 0.05) is 13.6 Å². The second-order valence-electron chi connectivity index (χ2n) is 4.35. The number of nitrogen functional groups attached to an aromatic ring is 2. The summed E-state index contributed by atoms with van der Waals surface area (Å²) in [5.41, 5.74) is 13.0. The molecule has 0 aliphatic heterocycles. The van der Waals surface area contributed by atoms with Gasteiger partial charge in [0.05, 0.1) is 12.8 Å². The molecule has 19 heavy (non-hydrogen) atoms. The molecule has 0 unspecified atom stereocenters. The van der Waals surface area contributed by atoms with Crippen LogP contribution in [0.2, 0.25) is 0 Å². The van der Waals surface area contributed by atoms with Crippen molar-refractivity contribution in [2.24, 2.45) is 0 Å². The topological polar surface area (TPSA) is 77.4 Å². The molecule has 0 fully saturated rings. The molecule has 1 aromatic heterocycles. The first-order valence-corrected chi connectivity index (χ1v) is 5.96. The van der Waals surface area contributed by atoms with Crippen LogP contribution in [0.1, 0.15) is 5.56 Å². The summed E-state index contributed by atoms with van der Waals surface area (Å²) >= 11 is 0. The molecule has 0 spiro atoms. The number of ether oxygens (including phenoxy) is 1. The molecule has 100 valence electrons. The van der Waals surface area contributed by atoms with Gasteiger partial charge in [-0.3, -0.25) is 0 Å². The van der Waals surface area contributed by atoms with Gasteiger partial charge in [-0.2, -0.15) is 0 Å². The Balaban J connectivity index is 2.10. The van der Waals surface area contributed by atoms with Crippen molar-refractivity contribution in [2.75, 3.05) is 30.5 Å². The zero-order valence-electron chi connectivity index (χ0n) is 11.1. The molecule has 4 N–H and O–H groups in total. The first-order valence-electron chi connectivity index (χ1n) is 5.96. The first kappa shape index (κ1) is 13.0. The van der Waals surface area contributed by atoms with Gasteiger partial charge in [0.1, 0.15) is 17.4 Å². The van der Waals surface area contributed by atoms with Crippen LogP contribution in [0.4, 0.5) is 17.3 Å².